The Labute approximate surface area is 188 Å². The minimum absolute atomic E-state index is 0.114. The molecule has 0 saturated heterocycles. The van der Waals surface area contributed by atoms with Gasteiger partial charge < -0.3 is 5.73 Å². The maximum atomic E-state index is 13.2. The molecule has 1 unspecified atom stereocenters. The molecule has 0 radical (unpaired) electrons. The summed E-state index contributed by atoms with van der Waals surface area (Å²) in [6.07, 6.45) is 8.17. The zero-order valence-corrected chi connectivity index (χ0v) is 18.4. The summed E-state index contributed by atoms with van der Waals surface area (Å²) in [5.74, 6) is 0.0306. The Morgan fingerprint density at radius 3 is 2.74 bits per heavy atom. The number of halogens is 2. The molecule has 2 aromatic heterocycles. The largest absolute Gasteiger partial charge is 0.366 e. The van der Waals surface area contributed by atoms with E-state index in [-0.39, 0.29) is 18.4 Å². The van der Waals surface area contributed by atoms with Gasteiger partial charge in [-0.25, -0.2) is 17.7 Å². The molecule has 0 saturated carbocycles. The number of hydrogen-bond donors (Lipinski definition) is 2. The maximum Gasteiger partial charge on any atom is 0.240 e. The van der Waals surface area contributed by atoms with Gasteiger partial charge in [-0.15, -0.1) is 5.10 Å². The van der Waals surface area contributed by atoms with Gasteiger partial charge in [0.15, 0.2) is 5.65 Å². The van der Waals surface area contributed by atoms with Gasteiger partial charge in [0.05, 0.1) is 15.0 Å². The highest BCUT2D eigenvalue weighted by molar-refractivity contribution is 7.93. The van der Waals surface area contributed by atoms with Crippen LogP contribution in [0.15, 0.2) is 65.2 Å². The van der Waals surface area contributed by atoms with E-state index in [4.69, 9.17) is 28.9 Å². The molecule has 6 rings (SSSR count). The first-order chi connectivity index (χ1) is 14.8. The van der Waals surface area contributed by atoms with Crippen molar-refractivity contribution in [2.24, 2.45) is 5.92 Å². The molecule has 10 heteroatoms. The molecule has 3 aromatic rings. The van der Waals surface area contributed by atoms with Crippen molar-refractivity contribution in [1.82, 2.24) is 19.3 Å². The van der Waals surface area contributed by atoms with Crippen LogP contribution in [-0.4, -0.2) is 23.0 Å². The fourth-order valence-corrected chi connectivity index (χ4v) is 5.37. The number of nitrogens with one attached hydrogen (secondary N) is 1. The van der Waals surface area contributed by atoms with Gasteiger partial charge in [-0.3, -0.25) is 0 Å². The highest BCUT2D eigenvalue weighted by Gasteiger charge is 2.33. The Bertz CT molecular complexity index is 1420. The molecule has 0 spiro atoms. The monoisotopic (exact) mass is 473 g/mol. The molecule has 0 amide bonds. The molecular weight excluding hydrogens is 457 g/mol. The van der Waals surface area contributed by atoms with Crippen molar-refractivity contribution in [3.63, 3.8) is 0 Å². The van der Waals surface area contributed by atoms with Crippen molar-refractivity contribution in [3.05, 3.63) is 86.4 Å². The Morgan fingerprint density at radius 1 is 1.16 bits per heavy atom. The molecule has 3 N–H and O–H groups in total. The molecule has 1 atom stereocenters. The predicted molar refractivity (Wildman–Crippen MR) is 122 cm³/mol. The van der Waals surface area contributed by atoms with Crippen LogP contribution in [0, 0.1) is 5.92 Å². The first-order valence-corrected chi connectivity index (χ1v) is 11.7. The lowest BCUT2D eigenvalue weighted by molar-refractivity contribution is 0.577. The number of sulfonamides is 1. The van der Waals surface area contributed by atoms with Gasteiger partial charge in [-0.1, -0.05) is 41.4 Å². The van der Waals surface area contributed by atoms with E-state index in [1.807, 2.05) is 18.2 Å². The number of anilines is 1. The summed E-state index contributed by atoms with van der Waals surface area (Å²) in [4.78, 5) is 4.45. The van der Waals surface area contributed by atoms with Crippen molar-refractivity contribution in [1.29, 1.82) is 0 Å². The van der Waals surface area contributed by atoms with Crippen LogP contribution in [0.1, 0.15) is 17.5 Å². The number of rotatable bonds is 5. The second-order valence-electron chi connectivity index (χ2n) is 7.46. The Kier molecular flexibility index (Phi) is 4.90. The molecular formula is C21H17Cl2N5O2S. The Morgan fingerprint density at radius 2 is 1.97 bits per heavy atom. The van der Waals surface area contributed by atoms with Crippen molar-refractivity contribution in [2.45, 2.75) is 13.0 Å². The quantitative estimate of drug-likeness (QED) is 0.583. The van der Waals surface area contributed by atoms with Crippen LogP contribution in [0.4, 0.5) is 5.95 Å². The zero-order chi connectivity index (χ0) is 21.8. The third-order valence-electron chi connectivity index (χ3n) is 5.32. The fourth-order valence-electron chi connectivity index (χ4n) is 3.70. The minimum atomic E-state index is -3.72. The van der Waals surface area contributed by atoms with E-state index in [1.165, 1.54) is 0 Å². The van der Waals surface area contributed by atoms with Crippen molar-refractivity contribution < 1.29 is 8.42 Å². The summed E-state index contributed by atoms with van der Waals surface area (Å²) in [6, 6.07) is 8.72. The number of allylic oxidation sites excluding steroid dienone is 6. The standard InChI is InChI=1S/C21H17Cl2N5O2S/c22-17-3-1-12(8-18(17)23)10-25-31(29,30)19-9-15(5-13-6-16(19)7-13)14-2-4-20-26-21(24)27-28(20)11-14/h1-6,8-9,11,16,25H,7,10H2,(H2,24,27). The maximum absolute atomic E-state index is 13.2. The van der Waals surface area contributed by atoms with Gasteiger partial charge in [-0.05, 0) is 53.5 Å². The number of nitrogen functional groups attached to an aromatic ring is 1. The third-order valence-corrected chi connectivity index (χ3v) is 7.62. The molecule has 3 aliphatic carbocycles. The van der Waals surface area contributed by atoms with E-state index >= 15 is 0 Å². The van der Waals surface area contributed by atoms with Crippen molar-refractivity contribution in [3.8, 4) is 0 Å². The first-order valence-electron chi connectivity index (χ1n) is 9.48. The SMILES string of the molecule is Nc1nc2ccc(C3=CC4=CC(C4)C(S(=O)(=O)NCc4ccc(Cl)c(Cl)c4)=C3)cn2n1. The number of pyridine rings is 1. The molecule has 158 valence electrons. The number of nitrogens with zero attached hydrogens (tertiary/aromatic N) is 3. The van der Waals surface area contributed by atoms with E-state index < -0.39 is 10.0 Å². The number of hydrogen-bond acceptors (Lipinski definition) is 5. The average molecular weight is 474 g/mol. The van der Waals surface area contributed by atoms with Gasteiger partial charge >= 0.3 is 0 Å². The zero-order valence-electron chi connectivity index (χ0n) is 16.1. The van der Waals surface area contributed by atoms with Gasteiger partial charge in [0.1, 0.15) is 0 Å². The van der Waals surface area contributed by atoms with E-state index in [1.54, 1.807) is 41.1 Å². The molecule has 3 aliphatic rings. The minimum Gasteiger partial charge on any atom is -0.366 e. The van der Waals surface area contributed by atoms with E-state index in [2.05, 4.69) is 14.8 Å². The van der Waals surface area contributed by atoms with Crippen LogP contribution in [0.3, 0.4) is 0 Å². The second kappa shape index (κ2) is 7.49. The molecule has 0 aliphatic heterocycles. The predicted octanol–water partition coefficient (Wildman–Crippen LogP) is 3.97. The average Bonchev–Trinajstić information content (AvgIpc) is 2.86. The number of benzene rings is 1. The molecule has 0 fully saturated rings. The lowest BCUT2D eigenvalue weighted by Crippen LogP contribution is -2.29. The van der Waals surface area contributed by atoms with Crippen LogP contribution in [0.2, 0.25) is 10.0 Å². The fraction of sp³-hybridized carbons (Fsp3) is 0.143. The highest BCUT2D eigenvalue weighted by Crippen LogP contribution is 2.41. The van der Waals surface area contributed by atoms with Crippen molar-refractivity contribution >= 4 is 50.4 Å². The van der Waals surface area contributed by atoms with E-state index in [0.29, 0.717) is 27.0 Å². The lowest BCUT2D eigenvalue weighted by Gasteiger charge is -2.24. The second-order valence-corrected chi connectivity index (χ2v) is 10.0. The van der Waals surface area contributed by atoms with E-state index in [9.17, 15) is 8.42 Å². The molecule has 2 bridgehead atoms. The summed E-state index contributed by atoms with van der Waals surface area (Å²) in [6.45, 7) is 0.114. The number of fused-ring (bicyclic) bond motifs is 2. The van der Waals surface area contributed by atoms with Gasteiger partial charge in [0.25, 0.3) is 0 Å². The summed E-state index contributed by atoms with van der Waals surface area (Å²) >= 11 is 12.0. The number of nitrogens with two attached hydrogens (primary N) is 1. The first kappa shape index (κ1) is 20.3. The summed E-state index contributed by atoms with van der Waals surface area (Å²) < 4.78 is 30.6. The van der Waals surface area contributed by atoms with Gasteiger partial charge in [0.2, 0.25) is 16.0 Å². The smallest absolute Gasteiger partial charge is 0.240 e. The van der Waals surface area contributed by atoms with Crippen LogP contribution >= 0.6 is 23.2 Å². The normalized spacial score (nSPS) is 18.1. The van der Waals surface area contributed by atoms with Crippen LogP contribution in [0.25, 0.3) is 11.2 Å². The van der Waals surface area contributed by atoms with Gasteiger partial charge in [0, 0.05) is 24.2 Å². The van der Waals surface area contributed by atoms with Crippen molar-refractivity contribution in [2.75, 3.05) is 5.73 Å². The molecule has 7 nitrogen and oxygen atoms in total. The Hall–Kier alpha value is -2.65. The lowest BCUT2D eigenvalue weighted by atomic mass is 9.87. The molecule has 2 heterocycles. The number of aromatic nitrogens is 3. The third kappa shape index (κ3) is 3.87. The van der Waals surface area contributed by atoms with Crippen LogP contribution in [0.5, 0.6) is 0 Å². The van der Waals surface area contributed by atoms with Crippen LogP contribution < -0.4 is 10.5 Å². The Balaban J connectivity index is 1.45. The molecule has 1 aromatic carbocycles. The van der Waals surface area contributed by atoms with E-state index in [0.717, 1.165) is 22.3 Å². The van der Waals surface area contributed by atoms with Crippen LogP contribution in [-0.2, 0) is 16.6 Å². The topological polar surface area (TPSA) is 102 Å². The highest BCUT2D eigenvalue weighted by atomic mass is 35.5. The summed E-state index contributed by atoms with van der Waals surface area (Å²) in [5, 5.41) is 4.94. The summed E-state index contributed by atoms with van der Waals surface area (Å²) in [5.41, 5.74) is 9.73. The van der Waals surface area contributed by atoms with Gasteiger partial charge in [-0.2, -0.15) is 4.98 Å². The molecule has 31 heavy (non-hydrogen) atoms. The summed E-state index contributed by atoms with van der Waals surface area (Å²) in [7, 11) is -3.72.